The topological polar surface area (TPSA) is 78.5 Å². The molecule has 2 aliphatic rings. The molecular formula is C15H23N3O3. The zero-order chi connectivity index (χ0) is 15.2. The van der Waals surface area contributed by atoms with Crippen molar-refractivity contribution in [3.05, 3.63) is 12.2 Å². The lowest BCUT2D eigenvalue weighted by molar-refractivity contribution is -0.138. The number of carbonyl (C=O) groups is 3. The van der Waals surface area contributed by atoms with Gasteiger partial charge in [0, 0.05) is 37.7 Å². The van der Waals surface area contributed by atoms with Crippen molar-refractivity contribution in [2.24, 2.45) is 11.8 Å². The summed E-state index contributed by atoms with van der Waals surface area (Å²) in [6.07, 6.45) is 6.09. The maximum absolute atomic E-state index is 12.0. The van der Waals surface area contributed by atoms with Crippen LogP contribution in [0.4, 0.5) is 0 Å². The molecule has 0 spiro atoms. The summed E-state index contributed by atoms with van der Waals surface area (Å²) in [6, 6.07) is 0. The summed E-state index contributed by atoms with van der Waals surface area (Å²) in [5.74, 6) is 0.0814. The van der Waals surface area contributed by atoms with Gasteiger partial charge in [0.1, 0.15) is 0 Å². The molecule has 21 heavy (non-hydrogen) atoms. The summed E-state index contributed by atoms with van der Waals surface area (Å²) in [5.41, 5.74) is 0. The van der Waals surface area contributed by atoms with Gasteiger partial charge >= 0.3 is 0 Å². The lowest BCUT2D eigenvalue weighted by Crippen LogP contribution is -2.39. The minimum atomic E-state index is -0.216. The summed E-state index contributed by atoms with van der Waals surface area (Å²) in [5, 5.41) is 5.92. The summed E-state index contributed by atoms with van der Waals surface area (Å²) >= 11 is 0. The fourth-order valence-corrected chi connectivity index (χ4v) is 2.93. The van der Waals surface area contributed by atoms with Gasteiger partial charge in [-0.2, -0.15) is 0 Å². The highest BCUT2D eigenvalue weighted by atomic mass is 16.2. The van der Waals surface area contributed by atoms with Crippen LogP contribution in [0, 0.1) is 11.8 Å². The van der Waals surface area contributed by atoms with Crippen LogP contribution in [0.15, 0.2) is 12.2 Å². The molecular weight excluding hydrogens is 270 g/mol. The SMILES string of the molecule is CNCCNC(=O)C1CCC(CN2C(=O)C=CC2=O)CC1. The minimum absolute atomic E-state index is 0.0706. The average Bonchev–Trinajstić information content (AvgIpc) is 2.80. The van der Waals surface area contributed by atoms with E-state index < -0.39 is 0 Å². The Morgan fingerprint density at radius 1 is 1.14 bits per heavy atom. The van der Waals surface area contributed by atoms with Crippen LogP contribution in [0.3, 0.4) is 0 Å². The third-order valence-corrected chi connectivity index (χ3v) is 4.23. The molecule has 1 saturated carbocycles. The lowest BCUT2D eigenvalue weighted by Gasteiger charge is -2.30. The molecule has 0 unspecified atom stereocenters. The first-order valence-electron chi connectivity index (χ1n) is 7.57. The third-order valence-electron chi connectivity index (χ3n) is 4.23. The lowest BCUT2D eigenvalue weighted by atomic mass is 9.81. The summed E-state index contributed by atoms with van der Waals surface area (Å²) < 4.78 is 0. The second-order valence-electron chi connectivity index (χ2n) is 5.73. The van der Waals surface area contributed by atoms with Gasteiger partial charge in [0.25, 0.3) is 11.8 Å². The normalized spacial score (nSPS) is 25.5. The number of rotatable bonds is 6. The van der Waals surface area contributed by atoms with Gasteiger partial charge in [-0.1, -0.05) is 0 Å². The van der Waals surface area contributed by atoms with Crippen LogP contribution in [-0.4, -0.2) is 49.3 Å². The van der Waals surface area contributed by atoms with Crippen LogP contribution in [0.25, 0.3) is 0 Å². The van der Waals surface area contributed by atoms with Gasteiger partial charge in [0.2, 0.25) is 5.91 Å². The van der Waals surface area contributed by atoms with E-state index in [1.54, 1.807) is 0 Å². The number of nitrogens with one attached hydrogen (secondary N) is 2. The molecule has 0 aromatic heterocycles. The summed E-state index contributed by atoms with van der Waals surface area (Å²) in [7, 11) is 1.85. The molecule has 0 aromatic rings. The number of carbonyl (C=O) groups excluding carboxylic acids is 3. The van der Waals surface area contributed by atoms with Crippen LogP contribution in [0.1, 0.15) is 25.7 Å². The van der Waals surface area contributed by atoms with Crippen molar-refractivity contribution in [3.63, 3.8) is 0 Å². The predicted octanol–water partition coefficient (Wildman–Crippen LogP) is 0.0534. The van der Waals surface area contributed by atoms with E-state index in [9.17, 15) is 14.4 Å². The Labute approximate surface area is 124 Å². The molecule has 0 saturated heterocycles. The highest BCUT2D eigenvalue weighted by Gasteiger charge is 2.30. The van der Waals surface area contributed by atoms with Crippen molar-refractivity contribution in [2.45, 2.75) is 25.7 Å². The van der Waals surface area contributed by atoms with Crippen molar-refractivity contribution < 1.29 is 14.4 Å². The minimum Gasteiger partial charge on any atom is -0.355 e. The monoisotopic (exact) mass is 293 g/mol. The molecule has 1 heterocycles. The molecule has 0 aromatic carbocycles. The van der Waals surface area contributed by atoms with E-state index in [1.807, 2.05) is 7.05 Å². The van der Waals surface area contributed by atoms with E-state index in [0.717, 1.165) is 32.2 Å². The van der Waals surface area contributed by atoms with Gasteiger partial charge in [-0.15, -0.1) is 0 Å². The standard InChI is InChI=1S/C15H23N3O3/c1-16-8-9-17-15(21)12-4-2-11(3-5-12)10-18-13(19)6-7-14(18)20/h6-7,11-12,16H,2-5,8-10H2,1H3,(H,17,21). The van der Waals surface area contributed by atoms with E-state index in [1.165, 1.54) is 17.1 Å². The van der Waals surface area contributed by atoms with E-state index in [-0.39, 0.29) is 23.6 Å². The molecule has 6 heteroatoms. The molecule has 0 bridgehead atoms. The number of amides is 3. The number of imide groups is 1. The number of likely N-dealkylation sites (N-methyl/N-ethyl adjacent to an activating group) is 1. The van der Waals surface area contributed by atoms with Gasteiger partial charge in [-0.25, -0.2) is 0 Å². The first-order chi connectivity index (χ1) is 10.1. The first kappa shape index (κ1) is 15.7. The molecule has 2 N–H and O–H groups in total. The Kier molecular flexibility index (Phi) is 5.50. The molecule has 2 rings (SSSR count). The maximum Gasteiger partial charge on any atom is 0.253 e. The molecule has 1 aliphatic heterocycles. The van der Waals surface area contributed by atoms with Gasteiger partial charge < -0.3 is 10.6 Å². The van der Waals surface area contributed by atoms with E-state index >= 15 is 0 Å². The van der Waals surface area contributed by atoms with E-state index in [4.69, 9.17) is 0 Å². The Hall–Kier alpha value is -1.69. The van der Waals surface area contributed by atoms with Crippen LogP contribution in [-0.2, 0) is 14.4 Å². The highest BCUT2D eigenvalue weighted by molar-refractivity contribution is 6.12. The second kappa shape index (κ2) is 7.36. The highest BCUT2D eigenvalue weighted by Crippen LogP contribution is 2.30. The van der Waals surface area contributed by atoms with Crippen molar-refractivity contribution in [2.75, 3.05) is 26.7 Å². The summed E-state index contributed by atoms with van der Waals surface area (Å²) in [4.78, 5) is 36.3. The molecule has 3 amide bonds. The zero-order valence-corrected chi connectivity index (χ0v) is 12.4. The largest absolute Gasteiger partial charge is 0.355 e. The molecule has 1 fully saturated rings. The molecule has 116 valence electrons. The molecule has 1 aliphatic carbocycles. The smallest absolute Gasteiger partial charge is 0.253 e. The Bertz CT molecular complexity index is 421. The van der Waals surface area contributed by atoms with Gasteiger partial charge in [-0.05, 0) is 38.6 Å². The van der Waals surface area contributed by atoms with Crippen LogP contribution in [0.2, 0.25) is 0 Å². The van der Waals surface area contributed by atoms with Crippen molar-refractivity contribution in [1.82, 2.24) is 15.5 Å². The van der Waals surface area contributed by atoms with E-state index in [2.05, 4.69) is 10.6 Å². The maximum atomic E-state index is 12.0. The fraction of sp³-hybridized carbons (Fsp3) is 0.667. The van der Waals surface area contributed by atoms with Crippen LogP contribution >= 0.6 is 0 Å². The third kappa shape index (κ3) is 4.14. The van der Waals surface area contributed by atoms with Gasteiger partial charge in [-0.3, -0.25) is 19.3 Å². The van der Waals surface area contributed by atoms with Crippen molar-refractivity contribution >= 4 is 17.7 Å². The van der Waals surface area contributed by atoms with Gasteiger partial charge in [0.05, 0.1) is 0 Å². The Morgan fingerprint density at radius 3 is 2.33 bits per heavy atom. The zero-order valence-electron chi connectivity index (χ0n) is 12.4. The Balaban J connectivity index is 1.72. The molecule has 0 atom stereocenters. The first-order valence-corrected chi connectivity index (χ1v) is 7.57. The number of hydrogen-bond acceptors (Lipinski definition) is 4. The van der Waals surface area contributed by atoms with Crippen LogP contribution in [0.5, 0.6) is 0 Å². The fourth-order valence-electron chi connectivity index (χ4n) is 2.93. The molecule has 0 radical (unpaired) electrons. The van der Waals surface area contributed by atoms with Gasteiger partial charge in [0.15, 0.2) is 0 Å². The quantitative estimate of drug-likeness (QED) is 0.536. The molecule has 6 nitrogen and oxygen atoms in total. The predicted molar refractivity (Wildman–Crippen MR) is 78.2 cm³/mol. The Morgan fingerprint density at radius 2 is 1.76 bits per heavy atom. The van der Waals surface area contributed by atoms with E-state index in [0.29, 0.717) is 19.0 Å². The second-order valence-corrected chi connectivity index (χ2v) is 5.73. The van der Waals surface area contributed by atoms with Crippen molar-refractivity contribution in [1.29, 1.82) is 0 Å². The number of nitrogens with zero attached hydrogens (tertiary/aromatic N) is 1. The van der Waals surface area contributed by atoms with Crippen molar-refractivity contribution in [3.8, 4) is 0 Å². The number of hydrogen-bond donors (Lipinski definition) is 2. The average molecular weight is 293 g/mol. The van der Waals surface area contributed by atoms with Crippen LogP contribution < -0.4 is 10.6 Å². The summed E-state index contributed by atoms with van der Waals surface area (Å²) in [6.45, 7) is 1.91.